The van der Waals surface area contributed by atoms with E-state index in [1.165, 1.54) is 39.3 Å². The molecule has 1 aliphatic heterocycles. The number of aromatic nitrogens is 1. The highest BCUT2D eigenvalue weighted by Gasteiger charge is 2.33. The topological polar surface area (TPSA) is 62.3 Å². The molecule has 1 fully saturated rings. The molecule has 10 heteroatoms. The minimum absolute atomic E-state index is 0.150. The average Bonchev–Trinajstić information content (AvgIpc) is 3.32. The van der Waals surface area contributed by atoms with E-state index in [9.17, 15) is 9.59 Å². The summed E-state index contributed by atoms with van der Waals surface area (Å²) in [6.45, 7) is -0.150. The Bertz CT molecular complexity index is 1090. The lowest BCUT2D eigenvalue weighted by Gasteiger charge is -2.13. The number of thiocarbonyl (C=S) groups is 1. The molecule has 0 atom stereocenters. The summed E-state index contributed by atoms with van der Waals surface area (Å²) < 4.78 is 1.25. The Kier molecular flexibility index (Phi) is 5.29. The van der Waals surface area contributed by atoms with Gasteiger partial charge in [-0.3, -0.25) is 14.5 Å². The fourth-order valence-electron chi connectivity index (χ4n) is 2.39. The highest BCUT2D eigenvalue weighted by atomic mass is 35.5. The molecule has 0 bridgehead atoms. The first-order valence-electron chi connectivity index (χ1n) is 7.64. The van der Waals surface area contributed by atoms with E-state index in [0.29, 0.717) is 19.4 Å². The van der Waals surface area contributed by atoms with Crippen LogP contribution in [-0.2, 0) is 9.59 Å². The van der Waals surface area contributed by atoms with Crippen molar-refractivity contribution in [3.8, 4) is 0 Å². The molecular weight excluding hydrogens is 442 g/mol. The number of rotatable bonds is 4. The van der Waals surface area contributed by atoms with Crippen LogP contribution >= 0.6 is 58.3 Å². The SMILES string of the molecule is O=C(CN1C(=O)/C(=C/c2cccs2)SC1=S)Nc1nc2ccc(Cl)cc2s1. The van der Waals surface area contributed by atoms with Crippen LogP contribution in [0.2, 0.25) is 5.02 Å². The second kappa shape index (κ2) is 7.69. The van der Waals surface area contributed by atoms with E-state index >= 15 is 0 Å². The van der Waals surface area contributed by atoms with Crippen molar-refractivity contribution >= 4 is 95.8 Å². The summed E-state index contributed by atoms with van der Waals surface area (Å²) in [5.41, 5.74) is 0.754. The van der Waals surface area contributed by atoms with Crippen LogP contribution in [0.25, 0.3) is 16.3 Å². The molecule has 4 rings (SSSR count). The van der Waals surface area contributed by atoms with Crippen LogP contribution in [0.15, 0.2) is 40.6 Å². The van der Waals surface area contributed by atoms with Crippen LogP contribution in [0.4, 0.5) is 5.13 Å². The number of benzene rings is 1. The van der Waals surface area contributed by atoms with Gasteiger partial charge in [-0.2, -0.15) is 0 Å². The largest absolute Gasteiger partial charge is 0.300 e. The molecule has 1 N–H and O–H groups in total. The molecule has 3 heterocycles. The molecule has 0 aliphatic carbocycles. The van der Waals surface area contributed by atoms with Crippen molar-refractivity contribution in [1.82, 2.24) is 9.88 Å². The van der Waals surface area contributed by atoms with E-state index in [4.69, 9.17) is 23.8 Å². The smallest absolute Gasteiger partial charge is 0.266 e. The third-order valence-electron chi connectivity index (χ3n) is 3.59. The van der Waals surface area contributed by atoms with Crippen LogP contribution in [0.3, 0.4) is 0 Å². The van der Waals surface area contributed by atoms with Crippen molar-refractivity contribution in [1.29, 1.82) is 0 Å². The molecule has 3 aromatic rings. The lowest BCUT2D eigenvalue weighted by Crippen LogP contribution is -2.36. The molecule has 0 spiro atoms. The Morgan fingerprint density at radius 2 is 2.22 bits per heavy atom. The number of thiazole rings is 1. The Morgan fingerprint density at radius 3 is 3.00 bits per heavy atom. The van der Waals surface area contributed by atoms with Gasteiger partial charge in [0.25, 0.3) is 5.91 Å². The van der Waals surface area contributed by atoms with Crippen molar-refractivity contribution in [3.05, 3.63) is 50.5 Å². The van der Waals surface area contributed by atoms with Gasteiger partial charge in [0.15, 0.2) is 5.13 Å². The summed E-state index contributed by atoms with van der Waals surface area (Å²) in [7, 11) is 0. The number of hydrogen-bond donors (Lipinski definition) is 1. The van der Waals surface area contributed by atoms with Gasteiger partial charge < -0.3 is 5.32 Å². The van der Waals surface area contributed by atoms with Gasteiger partial charge in [0.05, 0.1) is 15.1 Å². The number of thiophene rings is 1. The molecule has 1 aromatic carbocycles. The fraction of sp³-hybridized carbons (Fsp3) is 0.0588. The molecule has 1 aliphatic rings. The van der Waals surface area contributed by atoms with Crippen molar-refractivity contribution < 1.29 is 9.59 Å². The van der Waals surface area contributed by atoms with Gasteiger partial charge in [0.1, 0.15) is 10.9 Å². The van der Waals surface area contributed by atoms with Crippen molar-refractivity contribution in [2.24, 2.45) is 0 Å². The molecule has 2 amide bonds. The minimum Gasteiger partial charge on any atom is -0.300 e. The summed E-state index contributed by atoms with van der Waals surface area (Å²) in [5.74, 6) is -0.613. The second-order valence-electron chi connectivity index (χ2n) is 5.46. The number of anilines is 1. The van der Waals surface area contributed by atoms with Crippen molar-refractivity contribution in [2.45, 2.75) is 0 Å². The first-order valence-corrected chi connectivity index (χ1v) is 10.9. The number of halogens is 1. The van der Waals surface area contributed by atoms with Gasteiger partial charge in [-0.1, -0.05) is 53.0 Å². The molecule has 0 unspecified atom stereocenters. The normalized spacial score (nSPS) is 15.9. The van der Waals surface area contributed by atoms with Gasteiger partial charge in [-0.15, -0.1) is 11.3 Å². The predicted molar refractivity (Wildman–Crippen MR) is 117 cm³/mol. The van der Waals surface area contributed by atoms with E-state index in [2.05, 4.69) is 10.3 Å². The molecular formula is C17H10ClN3O2S4. The lowest BCUT2D eigenvalue weighted by molar-refractivity contribution is -0.126. The maximum Gasteiger partial charge on any atom is 0.266 e. The molecule has 27 heavy (non-hydrogen) atoms. The Hall–Kier alpha value is -1.78. The number of thioether (sulfide) groups is 1. The van der Waals surface area contributed by atoms with Gasteiger partial charge in [0.2, 0.25) is 5.91 Å². The third-order valence-corrected chi connectivity index (χ3v) is 6.95. The maximum atomic E-state index is 12.6. The average molecular weight is 452 g/mol. The predicted octanol–water partition coefficient (Wildman–Crippen LogP) is 4.85. The molecule has 136 valence electrons. The van der Waals surface area contributed by atoms with Crippen molar-refractivity contribution in [2.75, 3.05) is 11.9 Å². The van der Waals surface area contributed by atoms with Gasteiger partial charge in [-0.05, 0) is 35.7 Å². The van der Waals surface area contributed by atoms with E-state index in [0.717, 1.165) is 15.1 Å². The van der Waals surface area contributed by atoms with Crippen LogP contribution < -0.4 is 5.32 Å². The maximum absolute atomic E-state index is 12.6. The van der Waals surface area contributed by atoms with Gasteiger partial charge in [0, 0.05) is 9.90 Å². The summed E-state index contributed by atoms with van der Waals surface area (Å²) in [4.78, 5) is 32.1. The zero-order chi connectivity index (χ0) is 19.0. The van der Waals surface area contributed by atoms with Crippen LogP contribution in [0.1, 0.15) is 4.88 Å². The quantitative estimate of drug-likeness (QED) is 0.453. The first kappa shape index (κ1) is 18.6. The van der Waals surface area contributed by atoms with Crippen LogP contribution in [0.5, 0.6) is 0 Å². The minimum atomic E-state index is -0.353. The number of amides is 2. The molecule has 2 aromatic heterocycles. The summed E-state index contributed by atoms with van der Waals surface area (Å²) >= 11 is 15.3. The van der Waals surface area contributed by atoms with Gasteiger partial charge >= 0.3 is 0 Å². The Balaban J connectivity index is 1.45. The number of carbonyl (C=O) groups is 2. The monoisotopic (exact) mass is 451 g/mol. The first-order chi connectivity index (χ1) is 13.0. The zero-order valence-electron chi connectivity index (χ0n) is 13.5. The summed E-state index contributed by atoms with van der Waals surface area (Å²) in [6.07, 6.45) is 1.79. The highest BCUT2D eigenvalue weighted by Crippen LogP contribution is 2.33. The Morgan fingerprint density at radius 1 is 1.37 bits per heavy atom. The zero-order valence-corrected chi connectivity index (χ0v) is 17.5. The third kappa shape index (κ3) is 4.07. The van der Waals surface area contributed by atoms with Crippen molar-refractivity contribution in [3.63, 3.8) is 0 Å². The summed E-state index contributed by atoms with van der Waals surface area (Å²) in [5, 5.41) is 5.73. The van der Waals surface area contributed by atoms with E-state index < -0.39 is 0 Å². The fourth-order valence-corrected chi connectivity index (χ4v) is 5.53. The Labute approximate surface area is 177 Å². The number of nitrogens with one attached hydrogen (secondary N) is 1. The van der Waals surface area contributed by atoms with E-state index in [-0.39, 0.29) is 18.4 Å². The van der Waals surface area contributed by atoms with Crippen LogP contribution in [0, 0.1) is 0 Å². The lowest BCUT2D eigenvalue weighted by atomic mass is 10.3. The highest BCUT2D eigenvalue weighted by molar-refractivity contribution is 8.26. The molecule has 1 saturated heterocycles. The second-order valence-corrected chi connectivity index (χ2v) is 9.58. The standard InChI is InChI=1S/C17H10ClN3O2S4/c18-9-3-4-11-12(6-9)26-16(19-11)20-14(22)8-21-15(23)13(27-17(21)24)7-10-2-1-5-25-10/h1-7H,8H2,(H,19,20,22)/b13-7-. The molecule has 0 radical (unpaired) electrons. The molecule has 0 saturated carbocycles. The van der Waals surface area contributed by atoms with Gasteiger partial charge in [-0.25, -0.2) is 4.98 Å². The van der Waals surface area contributed by atoms with E-state index in [1.54, 1.807) is 24.3 Å². The van der Waals surface area contributed by atoms with Crippen LogP contribution in [-0.4, -0.2) is 32.6 Å². The molecule has 5 nitrogen and oxygen atoms in total. The summed E-state index contributed by atoms with van der Waals surface area (Å²) in [6, 6.07) is 9.16. The number of hydrogen-bond acceptors (Lipinski definition) is 7. The number of carbonyl (C=O) groups excluding carboxylic acids is 2. The number of nitrogens with zero attached hydrogens (tertiary/aromatic N) is 2. The number of fused-ring (bicyclic) bond motifs is 1. The van der Waals surface area contributed by atoms with E-state index in [1.807, 2.05) is 17.5 Å².